The first-order valence-corrected chi connectivity index (χ1v) is 7.13. The van der Waals surface area contributed by atoms with Crippen LogP contribution >= 0.6 is 0 Å². The van der Waals surface area contributed by atoms with E-state index in [-0.39, 0.29) is 0 Å². The van der Waals surface area contributed by atoms with E-state index < -0.39 is 11.9 Å². The van der Waals surface area contributed by atoms with Gasteiger partial charge in [0.2, 0.25) is 0 Å². The Morgan fingerprint density at radius 1 is 1.32 bits per heavy atom. The molecule has 2 aliphatic rings. The van der Waals surface area contributed by atoms with Crippen LogP contribution in [0.3, 0.4) is 0 Å². The summed E-state index contributed by atoms with van der Waals surface area (Å²) in [4.78, 5) is 0. The van der Waals surface area contributed by atoms with Gasteiger partial charge in [-0.05, 0) is 48.1 Å². The molecule has 22 heavy (non-hydrogen) atoms. The number of methoxy groups -OCH3 is 1. The minimum atomic E-state index is -0.431. The van der Waals surface area contributed by atoms with E-state index >= 15 is 0 Å². The Hall–Kier alpha value is -2.40. The van der Waals surface area contributed by atoms with Gasteiger partial charge in [-0.25, -0.2) is 0 Å². The number of rotatable bonds is 1. The lowest BCUT2D eigenvalue weighted by atomic mass is 9.97. The molecule has 2 aliphatic heterocycles. The zero-order valence-corrected chi connectivity index (χ0v) is 12.3. The van der Waals surface area contributed by atoms with E-state index in [0.29, 0.717) is 41.4 Å². The van der Waals surface area contributed by atoms with Crippen molar-refractivity contribution in [2.75, 3.05) is 20.3 Å². The Balaban J connectivity index is 2.22. The Morgan fingerprint density at radius 3 is 3.00 bits per heavy atom. The second-order valence-electron chi connectivity index (χ2n) is 5.06. The fourth-order valence-electron chi connectivity index (χ4n) is 2.58. The van der Waals surface area contributed by atoms with Gasteiger partial charge in [-0.15, -0.1) is 0 Å². The van der Waals surface area contributed by atoms with Crippen molar-refractivity contribution < 1.29 is 24.4 Å². The van der Waals surface area contributed by atoms with E-state index in [2.05, 4.69) is 0 Å². The highest BCUT2D eigenvalue weighted by molar-refractivity contribution is 5.78. The topological polar surface area (TPSA) is 73.8 Å². The summed E-state index contributed by atoms with van der Waals surface area (Å²) >= 11 is 0. The minimum absolute atomic E-state index is 0.390. The highest BCUT2D eigenvalue weighted by Gasteiger charge is 2.13. The van der Waals surface area contributed by atoms with Gasteiger partial charge in [-0.3, -0.25) is 0 Å². The summed E-state index contributed by atoms with van der Waals surface area (Å²) in [7, 11) is 1.33. The predicted octanol–water partition coefficient (Wildman–Crippen LogP) is -0.707. The molecule has 0 radical (unpaired) electrons. The van der Waals surface area contributed by atoms with Gasteiger partial charge in [-0.2, -0.15) is 0 Å². The van der Waals surface area contributed by atoms with Gasteiger partial charge in [0.15, 0.2) is 0 Å². The summed E-state index contributed by atoms with van der Waals surface area (Å²) in [6.45, 7) is 1.13. The summed E-state index contributed by atoms with van der Waals surface area (Å²) in [6.07, 6.45) is 5.16. The first kappa shape index (κ1) is 14.5. The van der Waals surface area contributed by atoms with Gasteiger partial charge in [0.1, 0.15) is 0 Å². The van der Waals surface area contributed by atoms with Crippen LogP contribution in [-0.2, 0) is 14.2 Å². The minimum Gasteiger partial charge on any atom is -0.616 e. The first-order valence-electron chi connectivity index (χ1n) is 7.13. The molecule has 0 N–H and O–H groups in total. The number of ether oxygens (including phenoxy) is 3. The van der Waals surface area contributed by atoms with Crippen LogP contribution in [0.1, 0.15) is 18.4 Å². The van der Waals surface area contributed by atoms with Crippen molar-refractivity contribution in [2.45, 2.75) is 12.8 Å². The summed E-state index contributed by atoms with van der Waals surface area (Å²) < 4.78 is 15.6. The molecule has 0 unspecified atom stereocenters. The molecule has 5 nitrogen and oxygen atoms in total. The lowest BCUT2D eigenvalue weighted by Crippen LogP contribution is -2.29. The third-order valence-corrected chi connectivity index (χ3v) is 3.66. The summed E-state index contributed by atoms with van der Waals surface area (Å²) in [5.74, 6) is -0.195. The fourth-order valence-corrected chi connectivity index (χ4v) is 2.58. The largest absolute Gasteiger partial charge is 0.616 e. The van der Waals surface area contributed by atoms with Gasteiger partial charge in [0.05, 0.1) is 18.5 Å². The SMILES string of the molecule is COC([O-])=c1ccc2c(c1)C1=C(CCCOCC=C1)OC=2[O-]. The number of allylic oxidation sites excluding steroid dienone is 3. The third-order valence-electron chi connectivity index (χ3n) is 3.66. The van der Waals surface area contributed by atoms with Crippen LogP contribution in [0.5, 0.6) is 0 Å². The normalized spacial score (nSPS) is 19.2. The lowest BCUT2D eigenvalue weighted by Gasteiger charge is -2.28. The van der Waals surface area contributed by atoms with Crippen LogP contribution in [0.4, 0.5) is 0 Å². The molecule has 116 valence electrons. The van der Waals surface area contributed by atoms with Crippen LogP contribution in [0.2, 0.25) is 0 Å². The van der Waals surface area contributed by atoms with Crippen molar-refractivity contribution in [1.82, 2.24) is 0 Å². The molecule has 0 atom stereocenters. The van der Waals surface area contributed by atoms with Crippen molar-refractivity contribution in [3.63, 3.8) is 0 Å². The zero-order chi connectivity index (χ0) is 15.5. The molecule has 0 aromatic heterocycles. The first-order chi connectivity index (χ1) is 10.7. The number of fused-ring (bicyclic) bond motifs is 2. The third kappa shape index (κ3) is 2.67. The van der Waals surface area contributed by atoms with Crippen LogP contribution in [-0.4, -0.2) is 20.3 Å². The maximum absolute atomic E-state index is 12.1. The smallest absolute Gasteiger partial charge is 0.0650 e. The lowest BCUT2D eigenvalue weighted by molar-refractivity contribution is -0.288. The maximum Gasteiger partial charge on any atom is 0.0650 e. The van der Waals surface area contributed by atoms with E-state index in [1.165, 1.54) is 7.11 Å². The average molecular weight is 300 g/mol. The van der Waals surface area contributed by atoms with Crippen LogP contribution < -0.4 is 20.7 Å². The molecule has 3 rings (SSSR count). The van der Waals surface area contributed by atoms with Gasteiger partial charge in [-0.1, -0.05) is 24.3 Å². The average Bonchev–Trinajstić information content (AvgIpc) is 2.65. The van der Waals surface area contributed by atoms with Gasteiger partial charge in [0, 0.05) is 11.8 Å². The van der Waals surface area contributed by atoms with Gasteiger partial charge >= 0.3 is 0 Å². The molecule has 5 heteroatoms. The van der Waals surface area contributed by atoms with Gasteiger partial charge < -0.3 is 24.4 Å². The second-order valence-corrected chi connectivity index (χ2v) is 5.06. The molecule has 0 saturated heterocycles. The highest BCUT2D eigenvalue weighted by atomic mass is 16.6. The molecular formula is C17H16O5-2. The highest BCUT2D eigenvalue weighted by Crippen LogP contribution is 2.27. The van der Waals surface area contributed by atoms with Crippen molar-refractivity contribution in [3.05, 3.63) is 52.1 Å². The van der Waals surface area contributed by atoms with Crippen LogP contribution in [0.25, 0.3) is 17.5 Å². The van der Waals surface area contributed by atoms with Crippen LogP contribution in [0, 0.1) is 0 Å². The number of hydrogen-bond acceptors (Lipinski definition) is 5. The standard InChI is InChI=1S/C17H18O5/c1-20-16(18)11-6-7-13-14(10-11)12-4-2-8-21-9-3-5-15(12)22-17(13)19/h2,4,6-7,10,18-19H,3,5,8-9H2,1H3/p-2. The van der Waals surface area contributed by atoms with Crippen molar-refractivity contribution in [2.24, 2.45) is 0 Å². The van der Waals surface area contributed by atoms with Crippen molar-refractivity contribution in [1.29, 1.82) is 0 Å². The molecule has 0 spiro atoms. The molecule has 1 aromatic carbocycles. The summed E-state index contributed by atoms with van der Waals surface area (Å²) in [5, 5.41) is 24.7. The summed E-state index contributed by atoms with van der Waals surface area (Å²) in [5.41, 5.74) is 1.53. The van der Waals surface area contributed by atoms with E-state index in [1.54, 1.807) is 18.2 Å². The Morgan fingerprint density at radius 2 is 2.18 bits per heavy atom. The maximum atomic E-state index is 12.1. The molecule has 0 aliphatic carbocycles. The van der Waals surface area contributed by atoms with E-state index in [1.807, 2.05) is 12.2 Å². The Kier molecular flexibility index (Phi) is 4.06. The Labute approximate surface area is 128 Å². The monoisotopic (exact) mass is 300 g/mol. The van der Waals surface area contributed by atoms with Gasteiger partial charge in [0.25, 0.3) is 0 Å². The van der Waals surface area contributed by atoms with Crippen molar-refractivity contribution in [3.8, 4) is 0 Å². The van der Waals surface area contributed by atoms with E-state index in [9.17, 15) is 10.2 Å². The second kappa shape index (κ2) is 6.15. The molecule has 0 saturated carbocycles. The molecule has 2 heterocycles. The predicted molar refractivity (Wildman–Crippen MR) is 76.7 cm³/mol. The van der Waals surface area contributed by atoms with Crippen LogP contribution in [0.15, 0.2) is 36.1 Å². The quantitative estimate of drug-likeness (QED) is 0.685. The van der Waals surface area contributed by atoms with Crippen molar-refractivity contribution >= 4 is 17.5 Å². The molecule has 0 bridgehead atoms. The fraction of sp³-hybridized carbons (Fsp3) is 0.294. The number of hydrogen-bond donors (Lipinski definition) is 0. The molecular weight excluding hydrogens is 284 g/mol. The number of benzene rings is 1. The Bertz CT molecular complexity index is 758. The zero-order valence-electron chi connectivity index (χ0n) is 12.3. The molecule has 0 amide bonds. The molecule has 1 aromatic rings. The molecule has 0 fully saturated rings. The van der Waals surface area contributed by atoms with E-state index in [4.69, 9.17) is 14.2 Å². The van der Waals surface area contributed by atoms with E-state index in [0.717, 1.165) is 12.0 Å². The summed E-state index contributed by atoms with van der Waals surface area (Å²) in [6, 6.07) is 4.85.